The lowest BCUT2D eigenvalue weighted by atomic mass is 9.82. The monoisotopic (exact) mass is 292 g/mol. The van der Waals surface area contributed by atoms with Crippen LogP contribution in [0.15, 0.2) is 0 Å². The van der Waals surface area contributed by atoms with Crippen LogP contribution in [0.4, 0.5) is 14.5 Å². The number of rotatable bonds is 0. The van der Waals surface area contributed by atoms with E-state index in [2.05, 4.69) is 9.83 Å². The van der Waals surface area contributed by atoms with Crippen LogP contribution in [0.5, 0.6) is 0 Å². The molecule has 1 aromatic rings. The van der Waals surface area contributed by atoms with Gasteiger partial charge in [-0.1, -0.05) is 41.5 Å². The van der Waals surface area contributed by atoms with Gasteiger partial charge < -0.3 is 0 Å². The van der Waals surface area contributed by atoms with Gasteiger partial charge in [0.15, 0.2) is 0 Å². The smallest absolute Gasteiger partial charge is 0.265 e. The molecule has 0 unspecified atom stereocenters. The Hall–Kier alpha value is -1.50. The van der Waals surface area contributed by atoms with Gasteiger partial charge in [-0.3, -0.25) is 4.98 Å². The summed E-state index contributed by atoms with van der Waals surface area (Å²) >= 11 is 0. The van der Waals surface area contributed by atoms with Crippen LogP contribution in [0.2, 0.25) is 0 Å². The maximum Gasteiger partial charge on any atom is 0.265 e. The summed E-state index contributed by atoms with van der Waals surface area (Å²) < 4.78 is 28.7. The van der Waals surface area contributed by atoms with Gasteiger partial charge in [0.2, 0.25) is 5.69 Å². The molecule has 1 aliphatic rings. The van der Waals surface area contributed by atoms with Crippen LogP contribution in [0.25, 0.3) is 4.85 Å². The molecule has 0 saturated heterocycles. The summed E-state index contributed by atoms with van der Waals surface area (Å²) in [7, 11) is 0. The number of alkyl halides is 2. The molecule has 0 aromatic carbocycles. The predicted molar refractivity (Wildman–Crippen MR) is 80.1 cm³/mol. The second-order valence-corrected chi connectivity index (χ2v) is 7.83. The Morgan fingerprint density at radius 2 is 1.57 bits per heavy atom. The molecule has 0 radical (unpaired) electrons. The Morgan fingerprint density at radius 1 is 1.05 bits per heavy atom. The van der Waals surface area contributed by atoms with Crippen molar-refractivity contribution in [3.8, 4) is 0 Å². The maximum atomic E-state index is 14.3. The van der Waals surface area contributed by atoms with E-state index in [-0.39, 0.29) is 23.1 Å². The quantitative estimate of drug-likeness (QED) is 0.596. The first-order valence-corrected chi connectivity index (χ1v) is 7.23. The molecular weight excluding hydrogens is 270 g/mol. The number of hydrogen-bond donors (Lipinski definition) is 0. The zero-order chi connectivity index (χ0) is 16.2. The van der Waals surface area contributed by atoms with Gasteiger partial charge in [0, 0.05) is 23.1 Å². The number of fused-ring (bicyclic) bond motifs is 1. The molecule has 0 bridgehead atoms. The largest absolute Gasteiger partial charge is 0.268 e. The van der Waals surface area contributed by atoms with Gasteiger partial charge in [-0.05, 0) is 17.4 Å². The van der Waals surface area contributed by atoms with E-state index in [9.17, 15) is 8.78 Å². The van der Waals surface area contributed by atoms with Gasteiger partial charge in [-0.15, -0.1) is 0 Å². The van der Waals surface area contributed by atoms with Gasteiger partial charge in [0.25, 0.3) is 5.92 Å². The molecule has 0 N–H and O–H groups in total. The highest BCUT2D eigenvalue weighted by molar-refractivity contribution is 5.65. The van der Waals surface area contributed by atoms with Gasteiger partial charge in [-0.25, -0.2) is 13.6 Å². The van der Waals surface area contributed by atoms with Gasteiger partial charge >= 0.3 is 0 Å². The van der Waals surface area contributed by atoms with E-state index in [4.69, 9.17) is 6.57 Å². The van der Waals surface area contributed by atoms with Gasteiger partial charge in [-0.2, -0.15) is 0 Å². The fraction of sp³-hybridized carbons (Fsp3) is 0.647. The van der Waals surface area contributed by atoms with Crippen LogP contribution in [0.3, 0.4) is 0 Å². The van der Waals surface area contributed by atoms with Crippen molar-refractivity contribution in [2.45, 2.75) is 71.1 Å². The minimum absolute atomic E-state index is 0.0630. The first-order valence-electron chi connectivity index (χ1n) is 7.23. The zero-order valence-electron chi connectivity index (χ0n) is 13.6. The first kappa shape index (κ1) is 15.9. The third kappa shape index (κ3) is 2.54. The van der Waals surface area contributed by atoms with Crippen molar-refractivity contribution >= 4 is 5.69 Å². The van der Waals surface area contributed by atoms with Crippen molar-refractivity contribution in [2.24, 2.45) is 0 Å². The summed E-state index contributed by atoms with van der Waals surface area (Å²) in [4.78, 5) is 8.11. The van der Waals surface area contributed by atoms with E-state index in [1.165, 1.54) is 0 Å². The van der Waals surface area contributed by atoms with Crippen LogP contribution in [-0.2, 0) is 23.2 Å². The van der Waals surface area contributed by atoms with Crippen molar-refractivity contribution < 1.29 is 8.78 Å². The highest BCUT2D eigenvalue weighted by Crippen LogP contribution is 2.51. The lowest BCUT2D eigenvalue weighted by Crippen LogP contribution is -2.23. The zero-order valence-corrected chi connectivity index (χ0v) is 13.6. The van der Waals surface area contributed by atoms with Crippen LogP contribution >= 0.6 is 0 Å². The Balaban J connectivity index is 2.93. The molecule has 114 valence electrons. The highest BCUT2D eigenvalue weighted by atomic mass is 19.3. The van der Waals surface area contributed by atoms with E-state index in [1.807, 2.05) is 41.5 Å². The molecule has 0 fully saturated rings. The molecule has 0 saturated carbocycles. The second-order valence-electron chi connectivity index (χ2n) is 7.83. The predicted octanol–water partition coefficient (Wildman–Crippen LogP) is 5.27. The molecule has 21 heavy (non-hydrogen) atoms. The van der Waals surface area contributed by atoms with Crippen molar-refractivity contribution in [1.29, 1.82) is 0 Å². The third-order valence-corrected chi connectivity index (χ3v) is 3.86. The molecule has 2 rings (SSSR count). The number of aromatic nitrogens is 1. The Morgan fingerprint density at radius 3 is 2.00 bits per heavy atom. The highest BCUT2D eigenvalue weighted by Gasteiger charge is 2.46. The molecular formula is C17H22F2N2. The van der Waals surface area contributed by atoms with E-state index < -0.39 is 11.3 Å². The van der Waals surface area contributed by atoms with E-state index in [0.29, 0.717) is 23.4 Å². The first-order chi connectivity index (χ1) is 9.39. The number of pyridine rings is 1. The van der Waals surface area contributed by atoms with Gasteiger partial charge in [0.05, 0.1) is 12.3 Å². The standard InChI is InChI=1S/C17H22F2N2/c1-15(2,3)13-10-8-9-17(18,19)11(10)12(20-7)14(21-13)16(4,5)6/h8-9H2,1-6H3. The third-order valence-electron chi connectivity index (χ3n) is 3.86. The number of hydrogen-bond acceptors (Lipinski definition) is 1. The average Bonchev–Trinajstić information content (AvgIpc) is 2.61. The molecule has 1 heterocycles. The maximum absolute atomic E-state index is 14.3. The molecule has 0 amide bonds. The van der Waals surface area contributed by atoms with Crippen molar-refractivity contribution in [3.63, 3.8) is 0 Å². The minimum atomic E-state index is -2.92. The Kier molecular flexibility index (Phi) is 3.40. The molecule has 2 nitrogen and oxygen atoms in total. The summed E-state index contributed by atoms with van der Waals surface area (Å²) in [5.41, 5.74) is 1.04. The number of nitrogens with zero attached hydrogens (tertiary/aromatic N) is 2. The molecule has 0 aliphatic heterocycles. The lowest BCUT2D eigenvalue weighted by molar-refractivity contribution is -0.00116. The summed E-state index contributed by atoms with van der Waals surface area (Å²) in [5, 5.41) is 0. The molecule has 1 aromatic heterocycles. The summed E-state index contributed by atoms with van der Waals surface area (Å²) in [6.45, 7) is 19.1. The van der Waals surface area contributed by atoms with Gasteiger partial charge in [0.1, 0.15) is 0 Å². The van der Waals surface area contributed by atoms with Crippen LogP contribution in [-0.4, -0.2) is 4.98 Å². The van der Waals surface area contributed by atoms with Crippen LogP contribution < -0.4 is 0 Å². The van der Waals surface area contributed by atoms with E-state index in [1.54, 1.807) is 0 Å². The lowest BCUT2D eigenvalue weighted by Gasteiger charge is -2.28. The van der Waals surface area contributed by atoms with Crippen molar-refractivity contribution in [1.82, 2.24) is 4.98 Å². The molecule has 0 atom stereocenters. The van der Waals surface area contributed by atoms with E-state index >= 15 is 0 Å². The average molecular weight is 292 g/mol. The SMILES string of the molecule is [C-]#[N+]c1c(C(C)(C)C)nc(C(C)(C)C)c2c1C(F)(F)CC2. The summed E-state index contributed by atoms with van der Waals surface area (Å²) in [6, 6.07) is 0. The molecule has 4 heteroatoms. The fourth-order valence-corrected chi connectivity index (χ4v) is 2.91. The molecule has 0 spiro atoms. The van der Waals surface area contributed by atoms with Crippen LogP contribution in [0.1, 0.15) is 70.5 Å². The second kappa shape index (κ2) is 4.50. The topological polar surface area (TPSA) is 17.2 Å². The molecule has 1 aliphatic carbocycles. The van der Waals surface area contributed by atoms with Crippen LogP contribution in [0, 0.1) is 6.57 Å². The fourth-order valence-electron chi connectivity index (χ4n) is 2.91. The number of halogens is 2. The normalized spacial score (nSPS) is 17.5. The Bertz CT molecular complexity index is 626. The van der Waals surface area contributed by atoms with E-state index in [0.717, 1.165) is 0 Å². The summed E-state index contributed by atoms with van der Waals surface area (Å²) in [6.07, 6.45) is 0.0814. The minimum Gasteiger partial charge on any atom is -0.268 e. The van der Waals surface area contributed by atoms with Crippen molar-refractivity contribution in [3.05, 3.63) is 33.9 Å². The summed E-state index contributed by atoms with van der Waals surface area (Å²) in [5.74, 6) is -2.92. The Labute approximate surface area is 125 Å². The van der Waals surface area contributed by atoms with Crippen molar-refractivity contribution in [2.75, 3.05) is 0 Å².